The van der Waals surface area contributed by atoms with E-state index >= 15 is 0 Å². The molecule has 80 valence electrons. The van der Waals surface area contributed by atoms with Crippen molar-refractivity contribution in [2.24, 2.45) is 0 Å². The minimum absolute atomic E-state index is 0.211. The highest BCUT2D eigenvalue weighted by atomic mass is 32.2. The van der Waals surface area contributed by atoms with Crippen molar-refractivity contribution in [2.45, 2.75) is 18.6 Å². The maximum atomic E-state index is 8.75. The van der Waals surface area contributed by atoms with Crippen LogP contribution in [0.3, 0.4) is 0 Å². The SMILES string of the molecule is CSC(C)(C)CNc1cccc(C#N)c1. The lowest BCUT2D eigenvalue weighted by Gasteiger charge is -2.22. The van der Waals surface area contributed by atoms with E-state index < -0.39 is 0 Å². The quantitative estimate of drug-likeness (QED) is 0.847. The molecule has 0 saturated carbocycles. The molecule has 0 radical (unpaired) electrons. The largest absolute Gasteiger partial charge is 0.384 e. The lowest BCUT2D eigenvalue weighted by Crippen LogP contribution is -2.25. The van der Waals surface area contributed by atoms with Crippen LogP contribution in [0.4, 0.5) is 5.69 Å². The smallest absolute Gasteiger partial charge is 0.0992 e. The number of nitriles is 1. The molecular formula is C12H16N2S. The predicted octanol–water partition coefficient (Wildman–Crippen LogP) is 3.11. The summed E-state index contributed by atoms with van der Waals surface area (Å²) in [5.41, 5.74) is 1.71. The van der Waals surface area contributed by atoms with E-state index in [-0.39, 0.29) is 4.75 Å². The van der Waals surface area contributed by atoms with Gasteiger partial charge in [0.1, 0.15) is 0 Å². The molecule has 3 heteroatoms. The van der Waals surface area contributed by atoms with Gasteiger partial charge < -0.3 is 5.32 Å². The second-order valence-electron chi connectivity index (χ2n) is 4.01. The highest BCUT2D eigenvalue weighted by Crippen LogP contribution is 2.21. The van der Waals surface area contributed by atoms with Gasteiger partial charge in [-0.1, -0.05) is 6.07 Å². The fourth-order valence-corrected chi connectivity index (χ4v) is 1.30. The molecule has 0 unspecified atom stereocenters. The molecule has 0 aromatic heterocycles. The van der Waals surface area contributed by atoms with E-state index in [2.05, 4.69) is 31.5 Å². The predicted molar refractivity (Wildman–Crippen MR) is 67.2 cm³/mol. The molecule has 0 aliphatic rings. The van der Waals surface area contributed by atoms with Gasteiger partial charge in [-0.15, -0.1) is 0 Å². The number of thioether (sulfide) groups is 1. The Morgan fingerprint density at radius 1 is 1.47 bits per heavy atom. The first kappa shape index (κ1) is 11.9. The minimum atomic E-state index is 0.211. The second kappa shape index (κ2) is 5.09. The molecule has 0 atom stereocenters. The van der Waals surface area contributed by atoms with Crippen molar-refractivity contribution < 1.29 is 0 Å². The van der Waals surface area contributed by atoms with Gasteiger partial charge in [0, 0.05) is 17.0 Å². The first-order valence-electron chi connectivity index (χ1n) is 4.86. The molecule has 0 bridgehead atoms. The van der Waals surface area contributed by atoms with Crippen LogP contribution in [0.2, 0.25) is 0 Å². The van der Waals surface area contributed by atoms with Gasteiger partial charge in [-0.2, -0.15) is 17.0 Å². The van der Waals surface area contributed by atoms with Gasteiger partial charge in [0.2, 0.25) is 0 Å². The van der Waals surface area contributed by atoms with E-state index in [0.29, 0.717) is 5.56 Å². The lowest BCUT2D eigenvalue weighted by molar-refractivity contribution is 0.753. The molecule has 0 aliphatic heterocycles. The van der Waals surface area contributed by atoms with Crippen molar-refractivity contribution in [3.8, 4) is 6.07 Å². The zero-order valence-electron chi connectivity index (χ0n) is 9.37. The van der Waals surface area contributed by atoms with E-state index in [9.17, 15) is 0 Å². The van der Waals surface area contributed by atoms with Crippen LogP contribution in [0.5, 0.6) is 0 Å². The summed E-state index contributed by atoms with van der Waals surface area (Å²) >= 11 is 1.83. The van der Waals surface area contributed by atoms with Crippen molar-refractivity contribution >= 4 is 17.4 Å². The Balaban J connectivity index is 2.62. The highest BCUT2D eigenvalue weighted by Gasteiger charge is 2.14. The van der Waals surface area contributed by atoms with Crippen molar-refractivity contribution in [1.29, 1.82) is 5.26 Å². The van der Waals surface area contributed by atoms with Gasteiger partial charge in [-0.3, -0.25) is 0 Å². The Morgan fingerprint density at radius 3 is 2.80 bits per heavy atom. The van der Waals surface area contributed by atoms with Gasteiger partial charge in [0.25, 0.3) is 0 Å². The molecule has 1 N–H and O–H groups in total. The number of nitrogens with one attached hydrogen (secondary N) is 1. The maximum absolute atomic E-state index is 8.75. The van der Waals surface area contributed by atoms with Crippen LogP contribution >= 0.6 is 11.8 Å². The summed E-state index contributed by atoms with van der Waals surface area (Å²) in [6.07, 6.45) is 2.10. The molecule has 1 rings (SSSR count). The van der Waals surface area contributed by atoms with Gasteiger partial charge >= 0.3 is 0 Å². The number of hydrogen-bond donors (Lipinski definition) is 1. The fraction of sp³-hybridized carbons (Fsp3) is 0.417. The molecule has 2 nitrogen and oxygen atoms in total. The Kier molecular flexibility index (Phi) is 4.05. The standard InChI is InChI=1S/C12H16N2S/c1-12(2,15-3)9-14-11-6-4-5-10(7-11)8-13/h4-7,14H,9H2,1-3H3. The zero-order chi connectivity index (χ0) is 11.3. The molecule has 1 aromatic carbocycles. The van der Waals surface area contributed by atoms with Gasteiger partial charge in [-0.05, 0) is 38.3 Å². The normalized spacial score (nSPS) is 10.8. The van der Waals surface area contributed by atoms with Crippen molar-refractivity contribution in [3.63, 3.8) is 0 Å². The average molecular weight is 220 g/mol. The summed E-state index contributed by atoms with van der Waals surface area (Å²) in [5, 5.41) is 12.1. The van der Waals surface area contributed by atoms with Crippen LogP contribution in [-0.2, 0) is 0 Å². The van der Waals surface area contributed by atoms with E-state index in [1.54, 1.807) is 0 Å². The zero-order valence-corrected chi connectivity index (χ0v) is 10.2. The third-order valence-corrected chi connectivity index (χ3v) is 3.51. The Bertz CT molecular complexity index is 366. The number of nitrogens with zero attached hydrogens (tertiary/aromatic N) is 1. The Hall–Kier alpha value is -1.14. The van der Waals surface area contributed by atoms with E-state index in [4.69, 9.17) is 5.26 Å². The summed E-state index contributed by atoms with van der Waals surface area (Å²) < 4.78 is 0.211. The summed E-state index contributed by atoms with van der Waals surface area (Å²) in [6, 6.07) is 9.69. The average Bonchev–Trinajstić information content (AvgIpc) is 2.27. The Morgan fingerprint density at radius 2 is 2.20 bits per heavy atom. The van der Waals surface area contributed by atoms with Crippen LogP contribution < -0.4 is 5.32 Å². The van der Waals surface area contributed by atoms with Gasteiger partial charge in [-0.25, -0.2) is 0 Å². The van der Waals surface area contributed by atoms with Crippen LogP contribution in [0, 0.1) is 11.3 Å². The van der Waals surface area contributed by atoms with Gasteiger partial charge in [0.05, 0.1) is 11.6 Å². The number of benzene rings is 1. The highest BCUT2D eigenvalue weighted by molar-refractivity contribution is 7.99. The first-order chi connectivity index (χ1) is 7.07. The molecule has 1 aromatic rings. The monoisotopic (exact) mass is 220 g/mol. The van der Waals surface area contributed by atoms with Crippen molar-refractivity contribution in [2.75, 3.05) is 18.1 Å². The fourth-order valence-electron chi connectivity index (χ4n) is 1.09. The van der Waals surface area contributed by atoms with Crippen molar-refractivity contribution in [3.05, 3.63) is 29.8 Å². The van der Waals surface area contributed by atoms with E-state index in [1.165, 1.54) is 0 Å². The van der Waals surface area contributed by atoms with Crippen molar-refractivity contribution in [1.82, 2.24) is 0 Å². The summed E-state index contributed by atoms with van der Waals surface area (Å²) in [5.74, 6) is 0. The third-order valence-electron chi connectivity index (χ3n) is 2.26. The van der Waals surface area contributed by atoms with Crippen LogP contribution in [0.15, 0.2) is 24.3 Å². The molecule has 0 aliphatic carbocycles. The van der Waals surface area contributed by atoms with Crippen LogP contribution in [0.25, 0.3) is 0 Å². The number of anilines is 1. The number of hydrogen-bond acceptors (Lipinski definition) is 3. The second-order valence-corrected chi connectivity index (χ2v) is 5.52. The molecular weight excluding hydrogens is 204 g/mol. The van der Waals surface area contributed by atoms with E-state index in [0.717, 1.165) is 12.2 Å². The maximum Gasteiger partial charge on any atom is 0.0992 e. The molecule has 0 amide bonds. The first-order valence-corrected chi connectivity index (χ1v) is 6.09. The van der Waals surface area contributed by atoms with E-state index in [1.807, 2.05) is 36.0 Å². The molecule has 0 spiro atoms. The minimum Gasteiger partial charge on any atom is -0.384 e. The third kappa shape index (κ3) is 3.85. The number of rotatable bonds is 4. The summed E-state index contributed by atoms with van der Waals surface area (Å²) in [7, 11) is 0. The van der Waals surface area contributed by atoms with Crippen LogP contribution in [-0.4, -0.2) is 17.5 Å². The topological polar surface area (TPSA) is 35.8 Å². The van der Waals surface area contributed by atoms with Crippen LogP contribution in [0.1, 0.15) is 19.4 Å². The Labute approximate surface area is 95.7 Å². The molecule has 0 fully saturated rings. The lowest BCUT2D eigenvalue weighted by atomic mass is 10.2. The molecule has 0 heterocycles. The molecule has 0 saturated heterocycles. The van der Waals surface area contributed by atoms with Gasteiger partial charge in [0.15, 0.2) is 0 Å². The summed E-state index contributed by atoms with van der Waals surface area (Å²) in [6.45, 7) is 5.28. The summed E-state index contributed by atoms with van der Waals surface area (Å²) in [4.78, 5) is 0. The molecule has 15 heavy (non-hydrogen) atoms.